The topological polar surface area (TPSA) is 105 Å². The van der Waals surface area contributed by atoms with E-state index in [0.717, 1.165) is 16.9 Å². The van der Waals surface area contributed by atoms with Crippen molar-refractivity contribution in [1.29, 1.82) is 5.26 Å². The van der Waals surface area contributed by atoms with Crippen LogP contribution >= 0.6 is 11.6 Å². The third-order valence-corrected chi connectivity index (χ3v) is 4.82. The number of nitriles is 1. The highest BCUT2D eigenvalue weighted by Gasteiger charge is 2.16. The molecule has 1 aromatic carbocycles. The molecule has 0 amide bonds. The molecule has 0 saturated heterocycles. The molecule has 0 aliphatic heterocycles. The molecule has 4 rings (SSSR count). The second-order valence-electron chi connectivity index (χ2n) is 6.58. The Labute approximate surface area is 178 Å². The second-order valence-corrected chi connectivity index (χ2v) is 6.99. The first-order valence-electron chi connectivity index (χ1n) is 9.23. The molecule has 2 N–H and O–H groups in total. The number of nitrogens with zero attached hydrogens (tertiary/aromatic N) is 6. The predicted molar refractivity (Wildman–Crippen MR) is 113 cm³/mol. The summed E-state index contributed by atoms with van der Waals surface area (Å²) in [6.45, 7) is 1.83. The Hall–Kier alpha value is -3.67. The molecule has 0 radical (unpaired) electrons. The largest absolute Gasteiger partial charge is 0.396 e. The van der Waals surface area contributed by atoms with E-state index in [4.69, 9.17) is 16.9 Å². The first-order valence-corrected chi connectivity index (χ1v) is 9.61. The van der Waals surface area contributed by atoms with Crippen LogP contribution in [0.1, 0.15) is 16.8 Å². The zero-order valence-electron chi connectivity index (χ0n) is 16.1. The van der Waals surface area contributed by atoms with Crippen LogP contribution in [0.15, 0.2) is 55.0 Å². The second kappa shape index (κ2) is 8.37. The maximum absolute atomic E-state index is 9.67. The van der Waals surface area contributed by atoms with E-state index in [9.17, 15) is 5.11 Å². The van der Waals surface area contributed by atoms with Gasteiger partial charge in [-0.15, -0.1) is 5.10 Å². The Morgan fingerprint density at radius 1 is 1.20 bits per heavy atom. The fourth-order valence-electron chi connectivity index (χ4n) is 3.14. The minimum atomic E-state index is -0.0548. The van der Waals surface area contributed by atoms with Gasteiger partial charge < -0.3 is 10.4 Å². The van der Waals surface area contributed by atoms with Crippen LogP contribution in [0.4, 0.5) is 11.5 Å². The number of aromatic nitrogens is 5. The number of aliphatic hydroxyl groups excluding tert-OH is 1. The summed E-state index contributed by atoms with van der Waals surface area (Å²) >= 11 is 6.33. The molecule has 0 bridgehead atoms. The third kappa shape index (κ3) is 3.89. The van der Waals surface area contributed by atoms with Crippen molar-refractivity contribution in [3.8, 4) is 17.6 Å². The van der Waals surface area contributed by atoms with Crippen LogP contribution in [0.2, 0.25) is 5.02 Å². The van der Waals surface area contributed by atoms with E-state index in [2.05, 4.69) is 26.6 Å². The molecule has 0 atom stereocenters. The van der Waals surface area contributed by atoms with E-state index in [-0.39, 0.29) is 6.61 Å². The molecule has 0 saturated carbocycles. The van der Waals surface area contributed by atoms with Crippen LogP contribution in [0, 0.1) is 18.3 Å². The molecule has 4 aromatic rings. The summed E-state index contributed by atoms with van der Waals surface area (Å²) in [5.74, 6) is 1.25. The lowest BCUT2D eigenvalue weighted by atomic mass is 10.1. The number of hydrogen-bond acceptors (Lipinski definition) is 6. The summed E-state index contributed by atoms with van der Waals surface area (Å²) in [5.41, 5.74) is 3.45. The maximum atomic E-state index is 9.67. The molecule has 30 heavy (non-hydrogen) atoms. The Balaban J connectivity index is 1.77. The highest BCUT2D eigenvalue weighted by Crippen LogP contribution is 2.30. The van der Waals surface area contributed by atoms with Gasteiger partial charge in [0.2, 0.25) is 0 Å². The van der Waals surface area contributed by atoms with Gasteiger partial charge >= 0.3 is 0 Å². The van der Waals surface area contributed by atoms with Crippen LogP contribution in [0.25, 0.3) is 11.5 Å². The Bertz CT molecular complexity index is 1220. The van der Waals surface area contributed by atoms with Gasteiger partial charge in [-0.2, -0.15) is 10.4 Å². The van der Waals surface area contributed by atoms with Crippen LogP contribution in [0.3, 0.4) is 0 Å². The third-order valence-electron chi connectivity index (χ3n) is 4.50. The summed E-state index contributed by atoms with van der Waals surface area (Å²) in [4.78, 5) is 4.61. The number of halogens is 1. The molecule has 8 nitrogen and oxygen atoms in total. The summed E-state index contributed by atoms with van der Waals surface area (Å²) in [7, 11) is 0. The number of aliphatic hydroxyl groups is 1. The number of rotatable bonds is 6. The van der Waals surface area contributed by atoms with Crippen LogP contribution in [-0.2, 0) is 6.42 Å². The highest BCUT2D eigenvalue weighted by atomic mass is 35.5. The maximum Gasteiger partial charge on any atom is 0.175 e. The van der Waals surface area contributed by atoms with Crippen molar-refractivity contribution in [2.24, 2.45) is 0 Å². The van der Waals surface area contributed by atoms with Crippen LogP contribution in [0.5, 0.6) is 0 Å². The normalized spacial score (nSPS) is 10.7. The van der Waals surface area contributed by atoms with Gasteiger partial charge in [-0.05, 0) is 37.3 Å². The van der Waals surface area contributed by atoms with Gasteiger partial charge in [0.25, 0.3) is 0 Å². The number of pyridine rings is 1. The number of nitrogens with one attached hydrogen (secondary N) is 1. The summed E-state index contributed by atoms with van der Waals surface area (Å²) in [6.07, 6.45) is 5.72. The average Bonchev–Trinajstić information content (AvgIpc) is 3.43. The molecule has 3 aromatic heterocycles. The van der Waals surface area contributed by atoms with E-state index in [0.29, 0.717) is 34.3 Å². The standard InChI is InChI=1S/C21H18ClN7O/c1-14-11-19(28-9-5-20(27-28)29-8-2-7-24-29)16(6-10-30)21(25-14)26-18-4-3-15(13-23)12-17(18)22/h2-5,7-9,11-12,30H,6,10H2,1H3,(H,25,26). The zero-order valence-corrected chi connectivity index (χ0v) is 16.9. The van der Waals surface area contributed by atoms with E-state index in [1.165, 1.54) is 0 Å². The van der Waals surface area contributed by atoms with Gasteiger partial charge in [-0.1, -0.05) is 11.6 Å². The minimum Gasteiger partial charge on any atom is -0.396 e. The van der Waals surface area contributed by atoms with E-state index >= 15 is 0 Å². The lowest BCUT2D eigenvalue weighted by molar-refractivity contribution is 0.299. The van der Waals surface area contributed by atoms with Crippen molar-refractivity contribution in [1.82, 2.24) is 24.5 Å². The zero-order chi connectivity index (χ0) is 21.1. The fraction of sp³-hybridized carbons (Fsp3) is 0.143. The van der Waals surface area contributed by atoms with Gasteiger partial charge in [-0.25, -0.2) is 14.3 Å². The fourth-order valence-corrected chi connectivity index (χ4v) is 3.36. The van der Waals surface area contributed by atoms with Gasteiger partial charge in [-0.3, -0.25) is 0 Å². The first kappa shape index (κ1) is 19.6. The van der Waals surface area contributed by atoms with Crippen molar-refractivity contribution in [2.45, 2.75) is 13.3 Å². The van der Waals surface area contributed by atoms with Gasteiger partial charge in [0.05, 0.1) is 28.0 Å². The van der Waals surface area contributed by atoms with Crippen LogP contribution < -0.4 is 5.32 Å². The van der Waals surface area contributed by atoms with Crippen molar-refractivity contribution in [3.05, 3.63) is 76.8 Å². The van der Waals surface area contributed by atoms with Gasteiger partial charge in [0.1, 0.15) is 5.82 Å². The number of hydrogen-bond donors (Lipinski definition) is 2. The monoisotopic (exact) mass is 419 g/mol. The number of benzene rings is 1. The number of aryl methyl sites for hydroxylation is 1. The molecule has 3 heterocycles. The molecule has 0 aliphatic carbocycles. The summed E-state index contributed by atoms with van der Waals surface area (Å²) < 4.78 is 3.41. The molecule has 0 aliphatic rings. The molecule has 0 spiro atoms. The Morgan fingerprint density at radius 3 is 2.77 bits per heavy atom. The molecule has 9 heteroatoms. The lowest BCUT2D eigenvalue weighted by Crippen LogP contribution is -2.10. The van der Waals surface area contributed by atoms with Gasteiger partial charge in [0, 0.05) is 48.9 Å². The van der Waals surface area contributed by atoms with E-state index < -0.39 is 0 Å². The molecule has 0 unspecified atom stereocenters. The molecular formula is C21H18ClN7O. The average molecular weight is 420 g/mol. The van der Waals surface area contributed by atoms with E-state index in [1.54, 1.807) is 33.8 Å². The molecule has 150 valence electrons. The van der Waals surface area contributed by atoms with Crippen molar-refractivity contribution in [2.75, 3.05) is 11.9 Å². The molecular weight excluding hydrogens is 402 g/mol. The highest BCUT2D eigenvalue weighted by molar-refractivity contribution is 6.33. The smallest absolute Gasteiger partial charge is 0.175 e. The van der Waals surface area contributed by atoms with Crippen molar-refractivity contribution < 1.29 is 5.11 Å². The predicted octanol–water partition coefficient (Wildman–Crippen LogP) is 3.56. The number of anilines is 2. The van der Waals surface area contributed by atoms with Crippen LogP contribution in [-0.4, -0.2) is 36.3 Å². The van der Waals surface area contributed by atoms with Crippen molar-refractivity contribution >= 4 is 23.1 Å². The minimum absolute atomic E-state index is 0.0548. The summed E-state index contributed by atoms with van der Waals surface area (Å²) in [6, 6.07) is 12.7. The van der Waals surface area contributed by atoms with Gasteiger partial charge in [0.15, 0.2) is 5.82 Å². The molecule has 0 fully saturated rings. The SMILES string of the molecule is Cc1cc(-n2ccc(-n3cccn3)n2)c(CCO)c(Nc2ccc(C#N)cc2Cl)n1. The van der Waals surface area contributed by atoms with E-state index in [1.807, 2.05) is 37.5 Å². The summed E-state index contributed by atoms with van der Waals surface area (Å²) in [5, 5.41) is 31.2. The van der Waals surface area contributed by atoms with Crippen molar-refractivity contribution in [3.63, 3.8) is 0 Å². The quantitative estimate of drug-likeness (QED) is 0.495. The Kier molecular flexibility index (Phi) is 5.48. The first-order chi connectivity index (χ1) is 14.6. The Morgan fingerprint density at radius 2 is 2.07 bits per heavy atom. The lowest BCUT2D eigenvalue weighted by Gasteiger charge is -2.17.